The molecule has 0 radical (unpaired) electrons. The van der Waals surface area contributed by atoms with E-state index in [-0.39, 0.29) is 5.78 Å². The molecule has 2 rings (SSSR count). The first-order valence-electron chi connectivity index (χ1n) is 5.98. The number of ketones is 1. The summed E-state index contributed by atoms with van der Waals surface area (Å²) in [6.07, 6.45) is 2.50. The lowest BCUT2D eigenvalue weighted by molar-refractivity contribution is -0.117. The second kappa shape index (κ2) is 6.07. The van der Waals surface area contributed by atoms with Crippen molar-refractivity contribution in [2.24, 2.45) is 5.73 Å². The van der Waals surface area contributed by atoms with Crippen molar-refractivity contribution in [2.45, 2.75) is 19.4 Å². The van der Waals surface area contributed by atoms with Crippen LogP contribution in [-0.2, 0) is 24.2 Å². The molecule has 0 amide bonds. The highest BCUT2D eigenvalue weighted by Crippen LogP contribution is 2.10. The highest BCUT2D eigenvalue weighted by atomic mass is 16.1. The molecule has 0 bridgehead atoms. The number of pyridine rings is 1. The van der Waals surface area contributed by atoms with Crippen LogP contribution in [-0.4, -0.2) is 10.8 Å². The van der Waals surface area contributed by atoms with Crippen LogP contribution in [0.5, 0.6) is 0 Å². The smallest absolute Gasteiger partial charge is 0.143 e. The number of hydrogen-bond donors (Lipinski definition) is 1. The quantitative estimate of drug-likeness (QED) is 0.868. The molecular formula is C15H16N2O. The Hall–Kier alpha value is -2.00. The summed E-state index contributed by atoms with van der Waals surface area (Å²) in [7, 11) is 0. The Morgan fingerprint density at radius 3 is 2.39 bits per heavy atom. The van der Waals surface area contributed by atoms with Crippen LogP contribution in [0.15, 0.2) is 48.7 Å². The predicted molar refractivity (Wildman–Crippen MR) is 71.0 cm³/mol. The lowest BCUT2D eigenvalue weighted by Gasteiger charge is -2.06. The Labute approximate surface area is 107 Å². The van der Waals surface area contributed by atoms with E-state index in [9.17, 15) is 4.79 Å². The summed E-state index contributed by atoms with van der Waals surface area (Å²) in [5.74, 6) is 0.162. The van der Waals surface area contributed by atoms with Gasteiger partial charge in [-0.15, -0.1) is 0 Å². The number of hydrogen-bond acceptors (Lipinski definition) is 3. The third-order valence-corrected chi connectivity index (χ3v) is 2.83. The molecule has 2 aromatic rings. The van der Waals surface area contributed by atoms with Gasteiger partial charge in [-0.3, -0.25) is 9.78 Å². The number of nitrogens with zero attached hydrogens (tertiary/aromatic N) is 1. The Morgan fingerprint density at radius 1 is 1.00 bits per heavy atom. The van der Waals surface area contributed by atoms with Crippen molar-refractivity contribution in [3.8, 4) is 0 Å². The van der Waals surface area contributed by atoms with Crippen LogP contribution in [0, 0.1) is 0 Å². The molecule has 0 saturated carbocycles. The Bertz CT molecular complexity index is 523. The monoisotopic (exact) mass is 240 g/mol. The Balaban J connectivity index is 2.03. The molecule has 0 aliphatic heterocycles. The zero-order valence-corrected chi connectivity index (χ0v) is 10.2. The average Bonchev–Trinajstić information content (AvgIpc) is 2.40. The standard InChI is InChI=1S/C15H16N2O/c16-11-13-6-2-1-5-12(13)9-15(18)10-14-7-3-4-8-17-14/h1-8H,9-11,16H2. The fourth-order valence-corrected chi connectivity index (χ4v) is 1.91. The van der Waals surface area contributed by atoms with Crippen molar-refractivity contribution in [2.75, 3.05) is 0 Å². The molecule has 0 fully saturated rings. The van der Waals surface area contributed by atoms with Gasteiger partial charge >= 0.3 is 0 Å². The van der Waals surface area contributed by atoms with Gasteiger partial charge in [-0.2, -0.15) is 0 Å². The average molecular weight is 240 g/mol. The predicted octanol–water partition coefficient (Wildman–Crippen LogP) is 1.89. The highest BCUT2D eigenvalue weighted by molar-refractivity contribution is 5.83. The lowest BCUT2D eigenvalue weighted by atomic mass is 10.0. The van der Waals surface area contributed by atoms with E-state index >= 15 is 0 Å². The maximum Gasteiger partial charge on any atom is 0.143 e. The number of carbonyl (C=O) groups is 1. The molecule has 0 aliphatic carbocycles. The van der Waals surface area contributed by atoms with Gasteiger partial charge in [0.05, 0.1) is 0 Å². The van der Waals surface area contributed by atoms with Gasteiger partial charge in [0, 0.05) is 31.3 Å². The van der Waals surface area contributed by atoms with Crippen LogP contribution in [0.1, 0.15) is 16.8 Å². The van der Waals surface area contributed by atoms with Gasteiger partial charge in [0.15, 0.2) is 0 Å². The SMILES string of the molecule is NCc1ccccc1CC(=O)Cc1ccccn1. The van der Waals surface area contributed by atoms with Gasteiger partial charge < -0.3 is 5.73 Å². The molecule has 0 spiro atoms. The van der Waals surface area contributed by atoms with Crippen molar-refractivity contribution >= 4 is 5.78 Å². The molecule has 0 aliphatic rings. The van der Waals surface area contributed by atoms with E-state index < -0.39 is 0 Å². The van der Waals surface area contributed by atoms with Gasteiger partial charge in [-0.1, -0.05) is 30.3 Å². The number of aromatic nitrogens is 1. The van der Waals surface area contributed by atoms with E-state index in [4.69, 9.17) is 5.73 Å². The van der Waals surface area contributed by atoms with E-state index in [1.807, 2.05) is 42.5 Å². The minimum atomic E-state index is 0.162. The molecule has 1 aromatic heterocycles. The largest absolute Gasteiger partial charge is 0.326 e. The molecule has 18 heavy (non-hydrogen) atoms. The maximum atomic E-state index is 12.0. The zero-order chi connectivity index (χ0) is 12.8. The van der Waals surface area contributed by atoms with Crippen LogP contribution in [0.25, 0.3) is 0 Å². The topological polar surface area (TPSA) is 56.0 Å². The first-order chi connectivity index (χ1) is 8.79. The maximum absolute atomic E-state index is 12.0. The fourth-order valence-electron chi connectivity index (χ4n) is 1.91. The summed E-state index contributed by atoms with van der Waals surface area (Å²) < 4.78 is 0. The highest BCUT2D eigenvalue weighted by Gasteiger charge is 2.08. The van der Waals surface area contributed by atoms with Crippen LogP contribution >= 0.6 is 0 Å². The van der Waals surface area contributed by atoms with E-state index in [0.717, 1.165) is 16.8 Å². The normalized spacial score (nSPS) is 10.3. The summed E-state index contributed by atoms with van der Waals surface area (Å²) in [5.41, 5.74) is 8.52. The third-order valence-electron chi connectivity index (χ3n) is 2.83. The van der Waals surface area contributed by atoms with Gasteiger partial charge in [0.1, 0.15) is 5.78 Å². The number of nitrogens with two attached hydrogens (primary N) is 1. The van der Waals surface area contributed by atoms with Crippen molar-refractivity contribution in [3.63, 3.8) is 0 Å². The van der Waals surface area contributed by atoms with Crippen LogP contribution < -0.4 is 5.73 Å². The Morgan fingerprint density at radius 2 is 1.72 bits per heavy atom. The van der Waals surface area contributed by atoms with E-state index in [0.29, 0.717) is 19.4 Å². The van der Waals surface area contributed by atoms with Crippen molar-refractivity contribution in [3.05, 3.63) is 65.5 Å². The first-order valence-corrected chi connectivity index (χ1v) is 5.98. The van der Waals surface area contributed by atoms with Gasteiger partial charge in [-0.05, 0) is 23.3 Å². The summed E-state index contributed by atoms with van der Waals surface area (Å²) in [5, 5.41) is 0. The summed E-state index contributed by atoms with van der Waals surface area (Å²) in [4.78, 5) is 16.1. The van der Waals surface area contributed by atoms with Crippen LogP contribution in [0.2, 0.25) is 0 Å². The van der Waals surface area contributed by atoms with Crippen LogP contribution in [0.3, 0.4) is 0 Å². The molecule has 0 atom stereocenters. The second-order valence-electron chi connectivity index (χ2n) is 4.19. The van der Waals surface area contributed by atoms with Crippen molar-refractivity contribution < 1.29 is 4.79 Å². The molecule has 3 nitrogen and oxygen atoms in total. The van der Waals surface area contributed by atoms with Gasteiger partial charge in [-0.25, -0.2) is 0 Å². The van der Waals surface area contributed by atoms with Gasteiger partial charge in [0.2, 0.25) is 0 Å². The second-order valence-corrected chi connectivity index (χ2v) is 4.19. The number of benzene rings is 1. The molecule has 1 heterocycles. The number of rotatable bonds is 5. The zero-order valence-electron chi connectivity index (χ0n) is 10.2. The Kier molecular flexibility index (Phi) is 4.20. The molecule has 0 saturated heterocycles. The van der Waals surface area contributed by atoms with Gasteiger partial charge in [0.25, 0.3) is 0 Å². The minimum Gasteiger partial charge on any atom is -0.326 e. The third kappa shape index (κ3) is 3.25. The molecular weight excluding hydrogens is 224 g/mol. The molecule has 1 aromatic carbocycles. The number of Topliss-reactive ketones (excluding diaryl/α,β-unsaturated/α-hetero) is 1. The summed E-state index contributed by atoms with van der Waals surface area (Å²) >= 11 is 0. The first kappa shape index (κ1) is 12.5. The van der Waals surface area contributed by atoms with Crippen molar-refractivity contribution in [1.82, 2.24) is 4.98 Å². The molecule has 2 N–H and O–H groups in total. The minimum absolute atomic E-state index is 0.162. The van der Waals surface area contributed by atoms with E-state index in [1.54, 1.807) is 6.20 Å². The lowest BCUT2D eigenvalue weighted by Crippen LogP contribution is -2.10. The van der Waals surface area contributed by atoms with Crippen LogP contribution in [0.4, 0.5) is 0 Å². The molecule has 0 unspecified atom stereocenters. The summed E-state index contributed by atoms with van der Waals surface area (Å²) in [6.45, 7) is 0.465. The van der Waals surface area contributed by atoms with E-state index in [1.165, 1.54) is 0 Å². The molecule has 92 valence electrons. The van der Waals surface area contributed by atoms with E-state index in [2.05, 4.69) is 4.98 Å². The number of carbonyl (C=O) groups excluding carboxylic acids is 1. The van der Waals surface area contributed by atoms with Crippen molar-refractivity contribution in [1.29, 1.82) is 0 Å². The summed E-state index contributed by atoms with van der Waals surface area (Å²) in [6, 6.07) is 13.4. The molecule has 3 heteroatoms. The fraction of sp³-hybridized carbons (Fsp3) is 0.200.